The average Bonchev–Trinajstić information content (AvgIpc) is 2.04. The molecule has 0 amide bonds. The van der Waals surface area contributed by atoms with E-state index in [0.717, 1.165) is 0 Å². The second-order valence-electron chi connectivity index (χ2n) is 2.38. The molecule has 0 saturated heterocycles. The van der Waals surface area contributed by atoms with Crippen molar-refractivity contribution in [2.75, 3.05) is 12.3 Å². The van der Waals surface area contributed by atoms with Gasteiger partial charge in [-0.2, -0.15) is 0 Å². The lowest BCUT2D eigenvalue weighted by atomic mass is 10.3. The van der Waals surface area contributed by atoms with Crippen molar-refractivity contribution in [3.8, 4) is 5.75 Å². The molecule has 0 aliphatic heterocycles. The van der Waals surface area contributed by atoms with Crippen molar-refractivity contribution in [2.24, 2.45) is 5.73 Å². The molecule has 0 aliphatic carbocycles. The number of hydrogen-bond acceptors (Lipinski definition) is 4. The number of nitrogens with two attached hydrogens (primary N) is 2. The Balaban J connectivity index is 2.63. The minimum absolute atomic E-state index is 0.0643. The summed E-state index contributed by atoms with van der Waals surface area (Å²) in [6, 6.07) is 6.81. The summed E-state index contributed by atoms with van der Waals surface area (Å²) in [6.07, 6.45) is -0.966. The minimum Gasteiger partial charge on any atom is -0.464 e. The zero-order valence-electron chi connectivity index (χ0n) is 6.60. The largest absolute Gasteiger partial charge is 0.464 e. The van der Waals surface area contributed by atoms with Crippen LogP contribution in [-0.4, -0.2) is 17.9 Å². The van der Waals surface area contributed by atoms with Gasteiger partial charge in [0.15, 0.2) is 0 Å². The van der Waals surface area contributed by atoms with E-state index in [1.54, 1.807) is 24.3 Å². The second kappa shape index (κ2) is 3.94. The Morgan fingerprint density at radius 3 is 2.83 bits per heavy atom. The van der Waals surface area contributed by atoms with Gasteiger partial charge in [0.1, 0.15) is 5.75 Å². The van der Waals surface area contributed by atoms with Gasteiger partial charge in [-0.3, -0.25) is 0 Å². The highest BCUT2D eigenvalue weighted by Crippen LogP contribution is 2.14. The Morgan fingerprint density at radius 2 is 2.25 bits per heavy atom. The molecule has 4 heteroatoms. The molecule has 0 aromatic heterocycles. The summed E-state index contributed by atoms with van der Waals surface area (Å²) in [5.74, 6) is 0.521. The summed E-state index contributed by atoms with van der Waals surface area (Å²) < 4.78 is 4.99. The maximum atomic E-state index is 9.01. The molecule has 0 heterocycles. The van der Waals surface area contributed by atoms with Crippen molar-refractivity contribution >= 4 is 5.69 Å². The number of aliphatic hydroxyl groups is 1. The summed E-state index contributed by atoms with van der Waals surface area (Å²) in [5.41, 5.74) is 11.2. The molecule has 1 aromatic rings. The fourth-order valence-corrected chi connectivity index (χ4v) is 0.793. The quantitative estimate of drug-likeness (QED) is 0.435. The van der Waals surface area contributed by atoms with Gasteiger partial charge < -0.3 is 21.3 Å². The Bertz CT molecular complexity index is 253. The van der Waals surface area contributed by atoms with Crippen LogP contribution >= 0.6 is 0 Å². The maximum absolute atomic E-state index is 9.01. The van der Waals surface area contributed by atoms with Crippen LogP contribution < -0.4 is 16.2 Å². The first-order valence-electron chi connectivity index (χ1n) is 3.62. The van der Waals surface area contributed by atoms with Crippen molar-refractivity contribution in [2.45, 2.75) is 6.29 Å². The van der Waals surface area contributed by atoms with E-state index >= 15 is 0 Å². The van der Waals surface area contributed by atoms with Crippen LogP contribution in [-0.2, 0) is 0 Å². The third-order valence-electron chi connectivity index (χ3n) is 1.33. The minimum atomic E-state index is -0.966. The van der Waals surface area contributed by atoms with E-state index in [9.17, 15) is 0 Å². The summed E-state index contributed by atoms with van der Waals surface area (Å²) in [6.45, 7) is 0.0643. The molecule has 0 radical (unpaired) electrons. The Hall–Kier alpha value is -1.26. The van der Waals surface area contributed by atoms with Crippen molar-refractivity contribution in [1.29, 1.82) is 0 Å². The number of aliphatic hydroxyl groups excluding tert-OH is 1. The van der Waals surface area contributed by atoms with Crippen LogP contribution in [0.1, 0.15) is 0 Å². The molecule has 0 fully saturated rings. The molecule has 4 nitrogen and oxygen atoms in total. The van der Waals surface area contributed by atoms with E-state index < -0.39 is 6.29 Å². The van der Waals surface area contributed by atoms with Gasteiger partial charge in [-0.1, -0.05) is 6.07 Å². The molecule has 12 heavy (non-hydrogen) atoms. The molecule has 1 rings (SSSR count). The van der Waals surface area contributed by atoms with Gasteiger partial charge in [0.05, 0.1) is 6.54 Å². The number of benzene rings is 1. The van der Waals surface area contributed by atoms with Gasteiger partial charge in [0, 0.05) is 11.8 Å². The lowest BCUT2D eigenvalue weighted by Crippen LogP contribution is -2.25. The Morgan fingerprint density at radius 1 is 1.50 bits per heavy atom. The highest BCUT2D eigenvalue weighted by Gasteiger charge is 2.01. The number of ether oxygens (including phenoxy) is 1. The predicted molar refractivity (Wildman–Crippen MR) is 46.5 cm³/mol. The predicted octanol–water partition coefficient (Wildman–Crippen LogP) is -0.0753. The van der Waals surface area contributed by atoms with Crippen LogP contribution in [0.4, 0.5) is 5.69 Å². The fraction of sp³-hybridized carbons (Fsp3) is 0.250. The summed E-state index contributed by atoms with van der Waals surface area (Å²) in [7, 11) is 0. The summed E-state index contributed by atoms with van der Waals surface area (Å²) in [5, 5.41) is 9.01. The highest BCUT2D eigenvalue weighted by molar-refractivity contribution is 5.43. The van der Waals surface area contributed by atoms with Gasteiger partial charge in [0.2, 0.25) is 6.29 Å². The monoisotopic (exact) mass is 168 g/mol. The van der Waals surface area contributed by atoms with Crippen molar-refractivity contribution in [3.63, 3.8) is 0 Å². The Labute approximate surface area is 70.7 Å². The lowest BCUT2D eigenvalue weighted by molar-refractivity contribution is -0.00852. The van der Waals surface area contributed by atoms with E-state index in [-0.39, 0.29) is 6.54 Å². The molecular weight excluding hydrogens is 156 g/mol. The molecular formula is C8H12N2O2. The lowest BCUT2D eigenvalue weighted by Gasteiger charge is -2.10. The molecule has 1 unspecified atom stereocenters. The zero-order chi connectivity index (χ0) is 8.97. The number of anilines is 1. The van der Waals surface area contributed by atoms with E-state index in [4.69, 9.17) is 21.3 Å². The van der Waals surface area contributed by atoms with E-state index in [1.165, 1.54) is 0 Å². The summed E-state index contributed by atoms with van der Waals surface area (Å²) >= 11 is 0. The van der Waals surface area contributed by atoms with Gasteiger partial charge in [-0.25, -0.2) is 0 Å². The first kappa shape index (κ1) is 8.83. The first-order valence-corrected chi connectivity index (χ1v) is 3.62. The van der Waals surface area contributed by atoms with Crippen LogP contribution in [0.25, 0.3) is 0 Å². The van der Waals surface area contributed by atoms with Crippen molar-refractivity contribution < 1.29 is 9.84 Å². The van der Waals surface area contributed by atoms with Crippen molar-refractivity contribution in [3.05, 3.63) is 24.3 Å². The fourth-order valence-electron chi connectivity index (χ4n) is 0.793. The molecule has 1 atom stereocenters. The highest BCUT2D eigenvalue weighted by atomic mass is 16.6. The first-order chi connectivity index (χ1) is 5.72. The molecule has 0 bridgehead atoms. The molecule has 0 aliphatic rings. The molecule has 66 valence electrons. The van der Waals surface area contributed by atoms with Crippen LogP contribution in [0, 0.1) is 0 Å². The van der Waals surface area contributed by atoms with Gasteiger partial charge in [-0.05, 0) is 12.1 Å². The smallest absolute Gasteiger partial charge is 0.209 e. The third-order valence-corrected chi connectivity index (χ3v) is 1.33. The van der Waals surface area contributed by atoms with Crippen LogP contribution in [0.2, 0.25) is 0 Å². The normalized spacial score (nSPS) is 12.5. The van der Waals surface area contributed by atoms with Gasteiger partial charge in [0.25, 0.3) is 0 Å². The van der Waals surface area contributed by atoms with Gasteiger partial charge >= 0.3 is 0 Å². The van der Waals surface area contributed by atoms with E-state index in [0.29, 0.717) is 11.4 Å². The third kappa shape index (κ3) is 2.41. The molecule has 5 N–H and O–H groups in total. The SMILES string of the molecule is NCC(O)Oc1cccc(N)c1. The van der Waals surface area contributed by atoms with Crippen LogP contribution in [0.5, 0.6) is 5.75 Å². The van der Waals surface area contributed by atoms with E-state index in [2.05, 4.69) is 0 Å². The molecule has 1 aromatic carbocycles. The van der Waals surface area contributed by atoms with Crippen LogP contribution in [0.3, 0.4) is 0 Å². The average molecular weight is 168 g/mol. The molecule has 0 spiro atoms. The number of hydrogen-bond donors (Lipinski definition) is 3. The maximum Gasteiger partial charge on any atom is 0.209 e. The standard InChI is InChI=1S/C8H12N2O2/c9-5-8(11)12-7-3-1-2-6(10)4-7/h1-4,8,11H,5,9-10H2. The number of rotatable bonds is 3. The van der Waals surface area contributed by atoms with Crippen molar-refractivity contribution in [1.82, 2.24) is 0 Å². The second-order valence-corrected chi connectivity index (χ2v) is 2.38. The van der Waals surface area contributed by atoms with Gasteiger partial charge in [-0.15, -0.1) is 0 Å². The summed E-state index contributed by atoms with van der Waals surface area (Å²) in [4.78, 5) is 0. The van der Waals surface area contributed by atoms with Crippen LogP contribution in [0.15, 0.2) is 24.3 Å². The Kier molecular flexibility index (Phi) is 2.90. The van der Waals surface area contributed by atoms with E-state index in [1.807, 2.05) is 0 Å². The zero-order valence-corrected chi connectivity index (χ0v) is 6.60. The number of nitrogen functional groups attached to an aromatic ring is 1. The molecule has 0 saturated carbocycles. The topological polar surface area (TPSA) is 81.5 Å².